The number of carboxylic acid groups (broad SMARTS) is 1. The Morgan fingerprint density at radius 2 is 1.22 bits per heavy atom. The molecule has 0 radical (unpaired) electrons. The van der Waals surface area contributed by atoms with Crippen molar-refractivity contribution in [3.05, 3.63) is 0 Å². The SMILES string of the molecule is CO[C@@H]1C[C@@H](O)[C@H](O[C@@H]2OC(C(=O)O)[C@@H](O[C@H]3OC(C)[C@@H](O[C@@H]4OC[C@@H](O[C@H]5OC(C)[C@@H](O)[C@H](O)C5NS(=O)(=O)O)[C@H](O)C4O)CC3NS(=O)(=O)O)[C@H](O)C2OS(=O)(=O)O)C(COS(=O)(=O)O)O1. The molecule has 5 aliphatic rings. The summed E-state index contributed by atoms with van der Waals surface area (Å²) in [6, 6.07) is -3.72. The Kier molecular flexibility index (Phi) is 19.0. The van der Waals surface area contributed by atoms with Gasteiger partial charge in [0.05, 0.1) is 43.7 Å². The molecule has 8 unspecified atom stereocenters. The monoisotopic (exact) mass is 1080 g/mol. The highest BCUT2D eigenvalue weighted by Crippen LogP contribution is 2.36. The number of ether oxygens (including phenoxy) is 10. The molecule has 0 aliphatic carbocycles. The Labute approximate surface area is 386 Å². The highest BCUT2D eigenvalue weighted by Gasteiger charge is 2.56. The van der Waals surface area contributed by atoms with Gasteiger partial charge in [-0.1, -0.05) is 0 Å². The number of hydrogen-bond donors (Lipinski definition) is 13. The molecule has 0 amide bonds. The summed E-state index contributed by atoms with van der Waals surface area (Å²) >= 11 is 0. The molecule has 5 rings (SSSR count). The Balaban J connectivity index is 1.32. The van der Waals surface area contributed by atoms with Crippen molar-refractivity contribution in [1.29, 1.82) is 0 Å². The van der Waals surface area contributed by atoms with Crippen molar-refractivity contribution in [3.63, 3.8) is 0 Å². The topological polar surface area (TPSA) is 511 Å². The molecule has 5 heterocycles. The van der Waals surface area contributed by atoms with Gasteiger partial charge in [0, 0.05) is 13.5 Å². The molecule has 0 aromatic carbocycles. The second-order valence-corrected chi connectivity index (χ2v) is 20.3. The number of hydrogen-bond acceptors (Lipinski definition) is 27. The second-order valence-electron chi connectivity index (χ2n) is 15.8. The van der Waals surface area contributed by atoms with E-state index in [1.807, 2.05) is 0 Å². The maximum Gasteiger partial charge on any atom is 0.397 e. The van der Waals surface area contributed by atoms with Gasteiger partial charge in [-0.05, 0) is 20.3 Å². The molecular weight excluding hydrogens is 1030 g/mol. The van der Waals surface area contributed by atoms with Crippen molar-refractivity contribution in [1.82, 2.24) is 9.44 Å². The van der Waals surface area contributed by atoms with Crippen LogP contribution >= 0.6 is 0 Å². The fraction of sp³-hybridized carbons (Fsp3) is 0.967. The van der Waals surface area contributed by atoms with Crippen LogP contribution in [0.3, 0.4) is 0 Å². The average molecular weight is 1080 g/mol. The van der Waals surface area contributed by atoms with Crippen molar-refractivity contribution < 1.29 is 148 Å². The lowest BCUT2D eigenvalue weighted by atomic mass is 9.96. The van der Waals surface area contributed by atoms with Crippen LogP contribution in [0.1, 0.15) is 26.7 Å². The quantitative estimate of drug-likeness (QED) is 0.0534. The lowest BCUT2D eigenvalue weighted by molar-refractivity contribution is -0.359. The number of nitrogens with one attached hydrogen (secondary N) is 2. The molecule has 0 spiro atoms. The summed E-state index contributed by atoms with van der Waals surface area (Å²) < 4.78 is 199. The predicted octanol–water partition coefficient (Wildman–Crippen LogP) is -7.97. The molecule has 5 fully saturated rings. The van der Waals surface area contributed by atoms with Gasteiger partial charge in [-0.15, -0.1) is 0 Å². The van der Waals surface area contributed by atoms with Crippen LogP contribution in [-0.2, 0) is 102 Å². The summed E-state index contributed by atoms with van der Waals surface area (Å²) in [6.07, 6.45) is -39.2. The van der Waals surface area contributed by atoms with Crippen molar-refractivity contribution in [2.24, 2.45) is 0 Å². The van der Waals surface area contributed by atoms with E-state index in [-0.39, 0.29) is 0 Å². The summed E-state index contributed by atoms with van der Waals surface area (Å²) in [6.45, 7) is 0.723. The van der Waals surface area contributed by atoms with Crippen molar-refractivity contribution in [2.75, 3.05) is 20.3 Å². The van der Waals surface area contributed by atoms with Gasteiger partial charge in [-0.25, -0.2) is 13.2 Å². The Morgan fingerprint density at radius 1 is 0.618 bits per heavy atom. The third kappa shape index (κ3) is 15.2. The first kappa shape index (κ1) is 57.2. The first-order chi connectivity index (χ1) is 31.3. The summed E-state index contributed by atoms with van der Waals surface area (Å²) in [5.74, 6) is -2.00. The molecule has 68 heavy (non-hydrogen) atoms. The molecule has 398 valence electrons. The van der Waals surface area contributed by atoms with Crippen LogP contribution in [0.15, 0.2) is 0 Å². The Bertz CT molecular complexity index is 2160. The molecule has 0 aromatic rings. The first-order valence-electron chi connectivity index (χ1n) is 19.7. The van der Waals surface area contributed by atoms with Crippen molar-refractivity contribution in [3.8, 4) is 0 Å². The number of carboxylic acids is 1. The molecule has 0 saturated carbocycles. The minimum atomic E-state index is -5.66. The lowest BCUT2D eigenvalue weighted by Crippen LogP contribution is -2.66. The fourth-order valence-electron chi connectivity index (χ4n) is 7.69. The largest absolute Gasteiger partial charge is 0.479 e. The van der Waals surface area contributed by atoms with E-state index in [1.165, 1.54) is 13.8 Å². The van der Waals surface area contributed by atoms with Gasteiger partial charge in [0.15, 0.2) is 43.7 Å². The fourth-order valence-corrected chi connectivity index (χ4v) is 9.67. The minimum absolute atomic E-state index is 0.449. The molecular formula is C30H52N2O32S4. The standard InChI is InChI=1S/C30H52N2O32S4/c1-8-12(59-29-20(37)18(35)13(6-54-29)60-28-16(32-66(44,45)46)19(36)17(34)9(2)57-28)4-10(31-65(41,42)43)27(56-8)62-23-21(38)24(64-68(50,51)52)30(63-25(23)26(39)40)61-22-11(33)5-15(53-3)58-14(22)7-55-67(47,48)49/h8-25,27-38H,4-7H2,1-3H3,(H,39,40)(H,41,42,43)(H,44,45,46)(H,47,48,49)(H,50,51,52)/t8?,9?,10?,11-,12+,13-,14?,15+,16?,17-,18+,19-,20?,21+,22+,23+,24?,25?,27-,28-,29+,30-/m1/s1. The van der Waals surface area contributed by atoms with Gasteiger partial charge >= 0.3 is 47.4 Å². The molecule has 13 N–H and O–H groups in total. The van der Waals surface area contributed by atoms with E-state index in [1.54, 1.807) is 9.44 Å². The first-order valence-corrected chi connectivity index (χ1v) is 25.3. The van der Waals surface area contributed by atoms with Gasteiger partial charge in [-0.3, -0.25) is 18.2 Å². The summed E-state index contributed by atoms with van der Waals surface area (Å²) in [5, 5.41) is 75.1. The van der Waals surface area contributed by atoms with E-state index in [0.717, 1.165) is 7.11 Å². The third-order valence-electron chi connectivity index (χ3n) is 10.9. The average Bonchev–Trinajstić information content (AvgIpc) is 3.20. The minimum Gasteiger partial charge on any atom is -0.479 e. The van der Waals surface area contributed by atoms with E-state index in [9.17, 15) is 87.9 Å². The van der Waals surface area contributed by atoms with E-state index in [0.29, 0.717) is 0 Å². The van der Waals surface area contributed by atoms with E-state index >= 15 is 0 Å². The van der Waals surface area contributed by atoms with Gasteiger partial charge in [0.25, 0.3) is 0 Å². The van der Waals surface area contributed by atoms with Crippen LogP contribution in [0.5, 0.6) is 0 Å². The number of carbonyl (C=O) groups is 1. The number of aliphatic hydroxyl groups is 6. The molecule has 5 aliphatic heterocycles. The molecule has 34 nitrogen and oxygen atoms in total. The molecule has 38 heteroatoms. The van der Waals surface area contributed by atoms with Gasteiger partial charge in [0.1, 0.15) is 61.0 Å². The zero-order chi connectivity index (χ0) is 51.0. The third-order valence-corrected chi connectivity index (χ3v) is 13.0. The molecule has 22 atom stereocenters. The normalized spacial score (nSPS) is 43.5. The second kappa shape index (κ2) is 22.6. The highest BCUT2D eigenvalue weighted by atomic mass is 32.3. The van der Waals surface area contributed by atoms with Crippen LogP contribution in [0, 0.1) is 0 Å². The molecule has 0 aromatic heterocycles. The lowest BCUT2D eigenvalue weighted by Gasteiger charge is -2.48. The van der Waals surface area contributed by atoms with Gasteiger partial charge in [-0.2, -0.15) is 43.1 Å². The van der Waals surface area contributed by atoms with Crippen LogP contribution < -0.4 is 9.44 Å². The van der Waals surface area contributed by atoms with Gasteiger partial charge < -0.3 is 83.1 Å². The number of aliphatic hydroxyl groups excluding tert-OH is 6. The van der Waals surface area contributed by atoms with Crippen molar-refractivity contribution in [2.45, 2.75) is 162 Å². The maximum atomic E-state index is 12.6. The highest BCUT2D eigenvalue weighted by molar-refractivity contribution is 7.84. The van der Waals surface area contributed by atoms with Crippen LogP contribution in [0.25, 0.3) is 0 Å². The summed E-state index contributed by atoms with van der Waals surface area (Å²) in [7, 11) is -20.0. The Morgan fingerprint density at radius 3 is 1.79 bits per heavy atom. The van der Waals surface area contributed by atoms with E-state index < -0.39 is 209 Å². The van der Waals surface area contributed by atoms with Crippen molar-refractivity contribution >= 4 is 47.4 Å². The van der Waals surface area contributed by atoms with Crippen LogP contribution in [0.4, 0.5) is 0 Å². The van der Waals surface area contributed by atoms with E-state index in [4.69, 9.17) is 51.9 Å². The Hall–Kier alpha value is -1.69. The smallest absolute Gasteiger partial charge is 0.397 e. The molecule has 5 saturated heterocycles. The van der Waals surface area contributed by atoms with Crippen LogP contribution in [-0.4, -0.2) is 249 Å². The number of methoxy groups -OCH3 is 1. The van der Waals surface area contributed by atoms with Gasteiger partial charge in [0.2, 0.25) is 0 Å². The van der Waals surface area contributed by atoms with Crippen LogP contribution in [0.2, 0.25) is 0 Å². The number of rotatable bonds is 19. The predicted molar refractivity (Wildman–Crippen MR) is 206 cm³/mol. The zero-order valence-electron chi connectivity index (χ0n) is 35.2. The summed E-state index contributed by atoms with van der Waals surface area (Å²) in [5.41, 5.74) is 0. The van der Waals surface area contributed by atoms with E-state index in [2.05, 4.69) is 8.37 Å². The maximum absolute atomic E-state index is 12.6. The number of aliphatic carboxylic acids is 1. The summed E-state index contributed by atoms with van der Waals surface area (Å²) in [4.78, 5) is 12.6. The molecule has 0 bridgehead atoms. The zero-order valence-corrected chi connectivity index (χ0v) is 38.4.